The Morgan fingerprint density at radius 3 is 1.38 bits per heavy atom. The zero-order valence-corrected chi connectivity index (χ0v) is 8.45. The van der Waals surface area contributed by atoms with Gasteiger partial charge in [-0.05, 0) is 13.8 Å². The molecule has 0 fully saturated rings. The van der Waals surface area contributed by atoms with Gasteiger partial charge in [0.25, 0.3) is 0 Å². The predicted molar refractivity (Wildman–Crippen MR) is 31.7 cm³/mol. The monoisotopic (exact) mass is 309 g/mol. The molecule has 8 heavy (non-hydrogen) atoms. The number of hydrogen-bond acceptors (Lipinski definition) is 2. The van der Waals surface area contributed by atoms with Crippen molar-refractivity contribution in [3.8, 4) is 0 Å². The summed E-state index contributed by atoms with van der Waals surface area (Å²) in [7, 11) is 0. The third-order valence-electron chi connectivity index (χ3n) is 0.498. The van der Waals surface area contributed by atoms with Gasteiger partial charge in [0.15, 0.2) is 0 Å². The maximum atomic E-state index is 10.0. The zero-order valence-electron chi connectivity index (χ0n) is 4.97. The number of ketones is 2. The van der Waals surface area contributed by atoms with Gasteiger partial charge in [0.05, 0.1) is 6.42 Å². The van der Waals surface area contributed by atoms with Crippen molar-refractivity contribution in [2.24, 2.45) is 0 Å². The van der Waals surface area contributed by atoms with Crippen LogP contribution in [0.2, 0.25) is 0 Å². The number of rotatable bonds is 2. The molecule has 45 valence electrons. The van der Waals surface area contributed by atoms with E-state index >= 15 is 0 Å². The molecule has 3 radical (unpaired) electrons. The smallest absolute Gasteiger partial charge is 0.137 e. The molecule has 0 aromatic heterocycles. The minimum Gasteiger partial charge on any atom is -0.300 e. The van der Waals surface area contributed by atoms with E-state index in [0.29, 0.717) is 0 Å². The largest absolute Gasteiger partial charge is 0.300 e. The molecule has 0 atom stereocenters. The first kappa shape index (κ1) is 11.1. The summed E-state index contributed by atoms with van der Waals surface area (Å²) >= 11 is 0. The predicted octanol–water partition coefficient (Wildman–Crippen LogP) is 0.174. The Labute approximate surface area is 67.8 Å². The van der Waals surface area contributed by atoms with Crippen molar-refractivity contribution < 1.29 is 9.59 Å². The van der Waals surface area contributed by atoms with Crippen molar-refractivity contribution in [1.29, 1.82) is 0 Å². The van der Waals surface area contributed by atoms with Crippen LogP contribution < -0.4 is 0 Å². The Hall–Kier alpha value is 0.223. The van der Waals surface area contributed by atoms with Gasteiger partial charge in [-0.15, -0.1) is 0 Å². The molecule has 0 spiro atoms. The molecule has 0 saturated carbocycles. The van der Waals surface area contributed by atoms with E-state index in [1.54, 1.807) is 0 Å². The van der Waals surface area contributed by atoms with E-state index in [4.69, 9.17) is 0 Å². The van der Waals surface area contributed by atoms with Crippen LogP contribution in [-0.2, 0) is 9.59 Å². The first-order valence-corrected chi connectivity index (χ1v) is 2.12. The third kappa shape index (κ3) is 9.52. The van der Waals surface area contributed by atoms with Crippen LogP contribution in [0.1, 0.15) is 20.3 Å². The Kier molecular flexibility index (Phi) is 7.42. The van der Waals surface area contributed by atoms with Crippen LogP contribution in [0.5, 0.6) is 0 Å². The van der Waals surface area contributed by atoms with E-state index in [-0.39, 0.29) is 44.2 Å². The van der Waals surface area contributed by atoms with Crippen molar-refractivity contribution in [2.75, 3.05) is 0 Å². The van der Waals surface area contributed by atoms with Gasteiger partial charge in [-0.1, -0.05) is 0 Å². The maximum Gasteiger partial charge on any atom is 0.137 e. The van der Waals surface area contributed by atoms with Crippen LogP contribution in [0.15, 0.2) is 0 Å². The fourth-order valence-electron chi connectivity index (χ4n) is 0.351. The van der Waals surface area contributed by atoms with E-state index in [9.17, 15) is 9.59 Å². The Morgan fingerprint density at radius 1 is 1.12 bits per heavy atom. The average Bonchev–Trinajstić information content (AvgIpc) is 1.27. The van der Waals surface area contributed by atoms with Gasteiger partial charge in [0.2, 0.25) is 0 Å². The summed E-state index contributed by atoms with van der Waals surface area (Å²) in [5.41, 5.74) is 0. The average molecular weight is 309 g/mol. The summed E-state index contributed by atoms with van der Waals surface area (Å²) in [6, 6.07) is 0. The minimum absolute atomic E-state index is 0. The molecule has 2 nitrogen and oxygen atoms in total. The first-order valence-electron chi connectivity index (χ1n) is 2.12. The van der Waals surface area contributed by atoms with E-state index in [1.807, 2.05) is 0 Å². The molecular weight excluding hydrogens is 301 g/mol. The Morgan fingerprint density at radius 2 is 1.38 bits per heavy atom. The molecule has 0 aromatic rings. The summed E-state index contributed by atoms with van der Waals surface area (Å²) < 4.78 is 0. The molecule has 0 saturated heterocycles. The molecule has 0 amide bonds. The molecule has 0 aliphatic rings. The van der Waals surface area contributed by atoms with Gasteiger partial charge < -0.3 is 0 Å². The number of Topliss-reactive ketones (excluding diaryl/α,β-unsaturated/α-hetero) is 2. The summed E-state index contributed by atoms with van der Waals surface area (Å²) in [5.74, 6) is -0.125. The first-order chi connectivity index (χ1) is 3.13. The minimum atomic E-state index is -0.0625. The van der Waals surface area contributed by atoms with Gasteiger partial charge >= 0.3 is 0 Å². The van der Waals surface area contributed by atoms with Crippen molar-refractivity contribution >= 4 is 37.8 Å². The summed E-state index contributed by atoms with van der Waals surface area (Å²) in [6.45, 7) is 2.81. The third-order valence-corrected chi connectivity index (χ3v) is 0.498. The van der Waals surface area contributed by atoms with Crippen molar-refractivity contribution in [2.45, 2.75) is 20.3 Å². The van der Waals surface area contributed by atoms with Gasteiger partial charge in [0.1, 0.15) is 11.6 Å². The number of carbonyl (C=O) groups is 2. The van der Waals surface area contributed by atoms with Crippen LogP contribution in [0.3, 0.4) is 0 Å². The second kappa shape index (κ2) is 5.36. The molecule has 0 unspecified atom stereocenters. The van der Waals surface area contributed by atoms with Crippen LogP contribution in [0.25, 0.3) is 0 Å². The SMILES string of the molecule is CC(=O)CC(C)=O.[Bi]. The standard InChI is InChI=1S/C5H8O2.Bi/c1-4(6)3-5(2)7;/h3H2,1-2H3;. The molecule has 0 heterocycles. The number of carbonyl (C=O) groups excluding carboxylic acids is 2. The normalized spacial score (nSPS) is 7.25. The fraction of sp³-hybridized carbons (Fsp3) is 0.600. The van der Waals surface area contributed by atoms with Crippen molar-refractivity contribution in [1.82, 2.24) is 0 Å². The Bertz CT molecular complexity index is 86.6. The maximum absolute atomic E-state index is 10.0. The van der Waals surface area contributed by atoms with E-state index in [2.05, 4.69) is 0 Å². The van der Waals surface area contributed by atoms with Crippen molar-refractivity contribution in [3.05, 3.63) is 0 Å². The summed E-state index contributed by atoms with van der Waals surface area (Å²) in [5, 5.41) is 0. The fourth-order valence-corrected chi connectivity index (χ4v) is 0.351. The second-order valence-electron chi connectivity index (χ2n) is 1.58. The topological polar surface area (TPSA) is 34.1 Å². The second-order valence-corrected chi connectivity index (χ2v) is 1.58. The van der Waals surface area contributed by atoms with Crippen LogP contribution in [-0.4, -0.2) is 37.8 Å². The molecule has 0 aromatic carbocycles. The summed E-state index contributed by atoms with van der Waals surface area (Å²) in [6.07, 6.45) is 0.0833. The summed E-state index contributed by atoms with van der Waals surface area (Å²) in [4.78, 5) is 20.1. The Balaban J connectivity index is 0. The van der Waals surface area contributed by atoms with Gasteiger partial charge in [0, 0.05) is 26.2 Å². The van der Waals surface area contributed by atoms with Crippen LogP contribution >= 0.6 is 0 Å². The molecule has 0 rings (SSSR count). The molecule has 0 aliphatic heterocycles. The zero-order chi connectivity index (χ0) is 5.86. The van der Waals surface area contributed by atoms with Gasteiger partial charge in [-0.2, -0.15) is 0 Å². The molecule has 0 N–H and O–H groups in total. The van der Waals surface area contributed by atoms with E-state index in [1.165, 1.54) is 13.8 Å². The van der Waals surface area contributed by atoms with Crippen LogP contribution in [0.4, 0.5) is 0 Å². The molecule has 0 aliphatic carbocycles. The molecule has 3 heteroatoms. The molecule has 0 bridgehead atoms. The van der Waals surface area contributed by atoms with Gasteiger partial charge in [-0.25, -0.2) is 0 Å². The molecular formula is C5H8BiO2. The van der Waals surface area contributed by atoms with Crippen LogP contribution in [0, 0.1) is 0 Å². The quantitative estimate of drug-likeness (QED) is 0.538. The van der Waals surface area contributed by atoms with E-state index < -0.39 is 0 Å². The number of hydrogen-bond donors (Lipinski definition) is 0. The van der Waals surface area contributed by atoms with Crippen molar-refractivity contribution in [3.63, 3.8) is 0 Å². The van der Waals surface area contributed by atoms with Gasteiger partial charge in [-0.3, -0.25) is 9.59 Å². The van der Waals surface area contributed by atoms with E-state index in [0.717, 1.165) is 0 Å².